The minimum absolute atomic E-state index is 0.276. The fourth-order valence-corrected chi connectivity index (χ4v) is 3.57. The Morgan fingerprint density at radius 3 is 2.72 bits per heavy atom. The molecule has 102 valence electrons. The van der Waals surface area contributed by atoms with Crippen molar-refractivity contribution in [3.05, 3.63) is 28.7 Å². The van der Waals surface area contributed by atoms with Gasteiger partial charge in [-0.1, -0.05) is 35.3 Å². The monoisotopic (exact) mass is 353 g/mol. The Morgan fingerprint density at radius 1 is 1.44 bits per heavy atom. The average molecular weight is 355 g/mol. The number of benzene rings is 1. The van der Waals surface area contributed by atoms with Gasteiger partial charge in [-0.2, -0.15) is 0 Å². The molecule has 0 fully saturated rings. The van der Waals surface area contributed by atoms with Gasteiger partial charge in [0, 0.05) is 16.9 Å². The zero-order chi connectivity index (χ0) is 13.6. The van der Waals surface area contributed by atoms with Gasteiger partial charge in [0.25, 0.3) is 0 Å². The Bertz CT molecular complexity index is 479. The van der Waals surface area contributed by atoms with Gasteiger partial charge >= 0.3 is 0 Å². The van der Waals surface area contributed by atoms with E-state index in [9.17, 15) is 8.42 Å². The van der Waals surface area contributed by atoms with Crippen LogP contribution in [0.2, 0.25) is 0 Å². The van der Waals surface area contributed by atoms with Crippen LogP contribution in [0.4, 0.5) is 0 Å². The van der Waals surface area contributed by atoms with E-state index in [1.165, 1.54) is 0 Å². The molecule has 0 bridgehead atoms. The molecule has 1 rings (SSSR count). The summed E-state index contributed by atoms with van der Waals surface area (Å²) in [4.78, 5) is 0.276. The molecule has 1 aromatic rings. The summed E-state index contributed by atoms with van der Waals surface area (Å²) >= 11 is 8.94. The maximum atomic E-state index is 12.0. The van der Waals surface area contributed by atoms with Crippen LogP contribution in [-0.4, -0.2) is 20.8 Å². The molecule has 0 spiro atoms. The summed E-state index contributed by atoms with van der Waals surface area (Å²) in [7, 11) is -3.43. The minimum atomic E-state index is -3.43. The van der Waals surface area contributed by atoms with Crippen LogP contribution in [-0.2, 0) is 10.0 Å². The summed E-state index contributed by atoms with van der Waals surface area (Å²) in [6.07, 6.45) is 1.73. The van der Waals surface area contributed by atoms with E-state index in [0.29, 0.717) is 12.4 Å². The molecule has 0 aliphatic carbocycles. The van der Waals surface area contributed by atoms with Crippen LogP contribution in [0.3, 0.4) is 0 Å². The molecule has 0 saturated heterocycles. The maximum Gasteiger partial charge on any atom is 0.240 e. The summed E-state index contributed by atoms with van der Waals surface area (Å²) in [6, 6.07) is 6.66. The molecule has 0 aromatic heterocycles. The van der Waals surface area contributed by atoms with Gasteiger partial charge in [-0.25, -0.2) is 13.1 Å². The third kappa shape index (κ3) is 4.88. The second-order valence-corrected chi connectivity index (χ2v) is 7.12. The fourth-order valence-electron chi connectivity index (χ4n) is 1.55. The number of alkyl halides is 1. The van der Waals surface area contributed by atoms with Crippen molar-refractivity contribution in [3.8, 4) is 0 Å². The first kappa shape index (κ1) is 16.0. The molecule has 18 heavy (non-hydrogen) atoms. The third-order valence-electron chi connectivity index (χ3n) is 2.76. The summed E-state index contributed by atoms with van der Waals surface area (Å²) in [6.45, 7) is 2.46. The first-order valence-electron chi connectivity index (χ1n) is 5.80. The predicted octanol–water partition coefficient (Wildman–Crippen LogP) is 3.38. The van der Waals surface area contributed by atoms with Gasteiger partial charge in [0.2, 0.25) is 10.0 Å². The molecular weight excluding hydrogens is 338 g/mol. The number of sulfonamides is 1. The second-order valence-electron chi connectivity index (χ2n) is 4.06. The Hall–Kier alpha value is -0.100. The second kappa shape index (κ2) is 7.48. The van der Waals surface area contributed by atoms with Crippen LogP contribution < -0.4 is 4.72 Å². The molecule has 1 unspecified atom stereocenters. The number of rotatable bonds is 7. The largest absolute Gasteiger partial charge is 0.240 e. The zero-order valence-corrected chi connectivity index (χ0v) is 13.4. The standard InChI is InChI=1S/C12H17BrClNO2S/c1-2-10(6-7-14)9-15-18(16,17)12-5-3-4-11(13)8-12/h3-5,8,10,15H,2,6-7,9H2,1H3. The van der Waals surface area contributed by atoms with E-state index in [1.807, 2.05) is 6.92 Å². The highest BCUT2D eigenvalue weighted by Gasteiger charge is 2.16. The highest BCUT2D eigenvalue weighted by Crippen LogP contribution is 2.16. The van der Waals surface area contributed by atoms with Crippen molar-refractivity contribution in [2.75, 3.05) is 12.4 Å². The molecule has 0 radical (unpaired) electrons. The topological polar surface area (TPSA) is 46.2 Å². The molecule has 0 aliphatic heterocycles. The lowest BCUT2D eigenvalue weighted by atomic mass is 10.0. The van der Waals surface area contributed by atoms with Crippen molar-refractivity contribution in [2.45, 2.75) is 24.7 Å². The molecule has 3 nitrogen and oxygen atoms in total. The van der Waals surface area contributed by atoms with Crippen LogP contribution in [0.5, 0.6) is 0 Å². The van der Waals surface area contributed by atoms with Crippen LogP contribution in [0.1, 0.15) is 19.8 Å². The van der Waals surface area contributed by atoms with Gasteiger partial charge < -0.3 is 0 Å². The Labute approximate surface area is 122 Å². The van der Waals surface area contributed by atoms with Crippen molar-refractivity contribution < 1.29 is 8.42 Å². The van der Waals surface area contributed by atoms with Gasteiger partial charge in [-0.05, 0) is 30.5 Å². The van der Waals surface area contributed by atoms with Crippen molar-refractivity contribution in [2.24, 2.45) is 5.92 Å². The molecule has 1 aromatic carbocycles. The van der Waals surface area contributed by atoms with Gasteiger partial charge in [-0.3, -0.25) is 0 Å². The van der Waals surface area contributed by atoms with Gasteiger partial charge in [0.05, 0.1) is 4.90 Å². The van der Waals surface area contributed by atoms with E-state index in [2.05, 4.69) is 20.7 Å². The first-order valence-corrected chi connectivity index (χ1v) is 8.62. The summed E-state index contributed by atoms with van der Waals surface area (Å²) < 4.78 is 27.5. The molecule has 0 amide bonds. The average Bonchev–Trinajstić information content (AvgIpc) is 2.34. The lowest BCUT2D eigenvalue weighted by Gasteiger charge is -2.14. The number of nitrogens with one attached hydrogen (secondary N) is 1. The molecule has 1 atom stereocenters. The Kier molecular flexibility index (Phi) is 6.63. The minimum Gasteiger partial charge on any atom is -0.211 e. The van der Waals surface area contributed by atoms with Crippen LogP contribution in [0.25, 0.3) is 0 Å². The van der Waals surface area contributed by atoms with Crippen molar-refractivity contribution in [1.82, 2.24) is 4.72 Å². The lowest BCUT2D eigenvalue weighted by Crippen LogP contribution is -2.29. The van der Waals surface area contributed by atoms with E-state index in [4.69, 9.17) is 11.6 Å². The quantitative estimate of drug-likeness (QED) is 0.763. The van der Waals surface area contributed by atoms with Crippen LogP contribution in [0.15, 0.2) is 33.6 Å². The lowest BCUT2D eigenvalue weighted by molar-refractivity contribution is 0.481. The van der Waals surface area contributed by atoms with Crippen molar-refractivity contribution >= 4 is 37.6 Å². The maximum absolute atomic E-state index is 12.0. The molecule has 0 heterocycles. The Balaban J connectivity index is 2.70. The molecule has 1 N–H and O–H groups in total. The summed E-state index contributed by atoms with van der Waals surface area (Å²) in [5.74, 6) is 0.835. The summed E-state index contributed by atoms with van der Waals surface area (Å²) in [5, 5.41) is 0. The highest BCUT2D eigenvalue weighted by molar-refractivity contribution is 9.10. The van der Waals surface area contributed by atoms with Gasteiger partial charge in [-0.15, -0.1) is 11.6 Å². The van der Waals surface area contributed by atoms with E-state index in [1.54, 1.807) is 24.3 Å². The SMILES string of the molecule is CCC(CCCl)CNS(=O)(=O)c1cccc(Br)c1. The number of hydrogen-bond acceptors (Lipinski definition) is 2. The smallest absolute Gasteiger partial charge is 0.211 e. The van der Waals surface area contributed by atoms with E-state index < -0.39 is 10.0 Å². The van der Waals surface area contributed by atoms with E-state index in [0.717, 1.165) is 17.3 Å². The van der Waals surface area contributed by atoms with E-state index >= 15 is 0 Å². The van der Waals surface area contributed by atoms with Crippen molar-refractivity contribution in [3.63, 3.8) is 0 Å². The molecule has 0 aliphatic rings. The van der Waals surface area contributed by atoms with Crippen LogP contribution >= 0.6 is 27.5 Å². The normalized spacial score (nSPS) is 13.5. The third-order valence-corrected chi connectivity index (χ3v) is 4.90. The fraction of sp³-hybridized carbons (Fsp3) is 0.500. The molecule has 0 saturated carbocycles. The first-order chi connectivity index (χ1) is 8.49. The zero-order valence-electron chi connectivity index (χ0n) is 10.2. The van der Waals surface area contributed by atoms with Gasteiger partial charge in [0.15, 0.2) is 0 Å². The van der Waals surface area contributed by atoms with Crippen LogP contribution in [0, 0.1) is 5.92 Å². The number of hydrogen-bond donors (Lipinski definition) is 1. The van der Waals surface area contributed by atoms with Gasteiger partial charge in [0.1, 0.15) is 0 Å². The predicted molar refractivity (Wildman–Crippen MR) is 78.4 cm³/mol. The number of halogens is 2. The summed E-state index contributed by atoms with van der Waals surface area (Å²) in [5.41, 5.74) is 0. The Morgan fingerprint density at radius 2 is 2.17 bits per heavy atom. The van der Waals surface area contributed by atoms with Crippen molar-refractivity contribution in [1.29, 1.82) is 0 Å². The van der Waals surface area contributed by atoms with E-state index in [-0.39, 0.29) is 10.8 Å². The highest BCUT2D eigenvalue weighted by atomic mass is 79.9. The molecule has 6 heteroatoms. The molecular formula is C12H17BrClNO2S.